The van der Waals surface area contributed by atoms with E-state index in [2.05, 4.69) is 9.98 Å². The predicted molar refractivity (Wildman–Crippen MR) is 225 cm³/mol. The van der Waals surface area contributed by atoms with Crippen LogP contribution in [0.4, 0.5) is 52.7 Å². The van der Waals surface area contributed by atoms with Gasteiger partial charge in [0.2, 0.25) is 49.0 Å². The van der Waals surface area contributed by atoms with Crippen molar-refractivity contribution in [2.45, 2.75) is 50.9 Å². The van der Waals surface area contributed by atoms with Gasteiger partial charge in [0.15, 0.2) is 24.8 Å². The van der Waals surface area contributed by atoms with Gasteiger partial charge in [0.25, 0.3) is 0 Å². The SMILES string of the molecule is FC(F)(F)C[n+]1ccccc1C1=CC2=CC3=NC(=CC4=NC(=CC5=NC(=C(c6cccc[n+]6CC(F)(F)F)C1=N2)C(c1cccc[n+]1CC(F)(F)F)=C5c1cccc[n+]1CC(F)(F)F)C=C4)C=C3. The minimum absolute atomic E-state index is 0.0525. The van der Waals surface area contributed by atoms with E-state index in [1.165, 1.54) is 91.0 Å². The smallest absolute Gasteiger partial charge is 0.249 e. The molecule has 344 valence electrons. The molecule has 8 bridgehead atoms. The van der Waals surface area contributed by atoms with Crippen molar-refractivity contribution in [1.82, 2.24) is 0 Å². The molecule has 0 atom stereocenters. The van der Waals surface area contributed by atoms with E-state index in [4.69, 9.17) is 9.98 Å². The van der Waals surface area contributed by atoms with Crippen LogP contribution in [-0.4, -0.2) is 47.6 Å². The number of alkyl halides is 12. The van der Waals surface area contributed by atoms with Crippen LogP contribution in [0.5, 0.6) is 0 Å². The normalized spacial score (nSPS) is 17.2. The molecule has 0 fully saturated rings. The summed E-state index contributed by atoms with van der Waals surface area (Å²) in [5.74, 6) is 0. The first kappa shape index (κ1) is 45.5. The molecule has 0 N–H and O–H groups in total. The number of allylic oxidation sites excluding steroid dienone is 12. The lowest BCUT2D eigenvalue weighted by molar-refractivity contribution is -0.722. The molecule has 0 amide bonds. The summed E-state index contributed by atoms with van der Waals surface area (Å²) in [6.45, 7) is -6.41. The molecule has 0 saturated carbocycles. The van der Waals surface area contributed by atoms with Crippen molar-refractivity contribution in [3.63, 3.8) is 0 Å². The fourth-order valence-electron chi connectivity index (χ4n) is 8.23. The van der Waals surface area contributed by atoms with E-state index < -0.39 is 50.9 Å². The first-order chi connectivity index (χ1) is 32.1. The van der Waals surface area contributed by atoms with Gasteiger partial charge in [0.1, 0.15) is 0 Å². The molecule has 9 heterocycles. The highest BCUT2D eigenvalue weighted by atomic mass is 19.4. The maximum Gasteiger partial charge on any atom is 0.448 e. The van der Waals surface area contributed by atoms with Crippen molar-refractivity contribution in [3.05, 3.63) is 192 Å². The third-order valence-corrected chi connectivity index (χ3v) is 10.7. The van der Waals surface area contributed by atoms with Crippen LogP contribution in [0.15, 0.2) is 189 Å². The van der Waals surface area contributed by atoms with Crippen LogP contribution in [0, 0.1) is 0 Å². The highest BCUT2D eigenvalue weighted by Gasteiger charge is 2.46. The third-order valence-electron chi connectivity index (χ3n) is 10.7. The monoisotopic (exact) mass is 948 g/mol. The van der Waals surface area contributed by atoms with Crippen LogP contribution >= 0.6 is 0 Å². The van der Waals surface area contributed by atoms with E-state index in [1.54, 1.807) is 30.4 Å². The Hall–Kier alpha value is -7.64. The standard InChI is InChI=1S/C48H32F12N8/c49-45(50,51)25-65-17-5-1-9-36(65)34-23-33-22-31-14-13-29(61-31)21-30-15-16-32(62-30)24-35-40(37-10-2-6-18-66(37)26-46(52,53)54)41(38-11-3-7-19-67(38)27-47(55,56)57)44(64-35)42(43(34)63-33)39-12-4-8-20-68(39)28-48(58,59)60/h1-24H,25-28H2/q+4. The second-order valence-corrected chi connectivity index (χ2v) is 15.8. The van der Waals surface area contributed by atoms with E-state index in [1.807, 2.05) is 0 Å². The summed E-state index contributed by atoms with van der Waals surface area (Å²) in [6.07, 6.45) is -2.71. The number of aromatic nitrogens is 4. The Balaban J connectivity index is 1.50. The van der Waals surface area contributed by atoms with Crippen molar-refractivity contribution >= 4 is 45.1 Å². The Labute approximate surface area is 378 Å². The minimum atomic E-state index is -4.90. The molecule has 20 heteroatoms. The molecule has 4 aromatic rings. The van der Waals surface area contributed by atoms with Crippen molar-refractivity contribution in [2.24, 2.45) is 20.0 Å². The van der Waals surface area contributed by atoms with Gasteiger partial charge in [0.05, 0.1) is 67.9 Å². The number of nitrogens with zero attached hydrogens (tertiary/aromatic N) is 8. The number of fused-ring (bicyclic) bond motifs is 4. The highest BCUT2D eigenvalue weighted by Crippen LogP contribution is 2.45. The second kappa shape index (κ2) is 17.2. The van der Waals surface area contributed by atoms with Crippen LogP contribution in [0.1, 0.15) is 22.8 Å². The number of rotatable bonds is 8. The Bertz CT molecular complexity index is 3160. The largest absolute Gasteiger partial charge is 0.448 e. The molecule has 9 rings (SSSR count). The number of pyridine rings is 4. The van der Waals surface area contributed by atoms with Gasteiger partial charge < -0.3 is 0 Å². The van der Waals surface area contributed by atoms with Gasteiger partial charge in [-0.3, -0.25) is 0 Å². The molecule has 0 saturated heterocycles. The minimum Gasteiger partial charge on any atom is -0.249 e. The lowest BCUT2D eigenvalue weighted by Gasteiger charge is -2.16. The number of aliphatic imine (C=N–C) groups is 4. The lowest BCUT2D eigenvalue weighted by Crippen LogP contribution is -2.46. The molecule has 0 aromatic carbocycles. The van der Waals surface area contributed by atoms with Crippen LogP contribution in [-0.2, 0) is 26.2 Å². The summed E-state index contributed by atoms with van der Waals surface area (Å²) in [4.78, 5) is 19.1. The van der Waals surface area contributed by atoms with Crippen molar-refractivity contribution in [1.29, 1.82) is 0 Å². The van der Waals surface area contributed by atoms with Crippen molar-refractivity contribution < 1.29 is 71.0 Å². The maximum absolute atomic E-state index is 14.6. The zero-order valence-corrected chi connectivity index (χ0v) is 34.8. The zero-order valence-electron chi connectivity index (χ0n) is 34.8. The fourth-order valence-corrected chi connectivity index (χ4v) is 8.23. The van der Waals surface area contributed by atoms with Crippen molar-refractivity contribution in [3.8, 4) is 0 Å². The molecule has 0 spiro atoms. The summed E-state index contributed by atoms with van der Waals surface area (Å²) in [5, 5.41) is 0. The average molecular weight is 949 g/mol. The summed E-state index contributed by atoms with van der Waals surface area (Å²) >= 11 is 0. The van der Waals surface area contributed by atoms with Gasteiger partial charge in [-0.05, 0) is 72.9 Å². The van der Waals surface area contributed by atoms with Gasteiger partial charge >= 0.3 is 24.7 Å². The van der Waals surface area contributed by atoms with Gasteiger partial charge in [-0.2, -0.15) is 71.0 Å². The Morgan fingerprint density at radius 2 is 0.765 bits per heavy atom. The second-order valence-electron chi connectivity index (χ2n) is 15.8. The van der Waals surface area contributed by atoms with E-state index in [0.29, 0.717) is 17.1 Å². The maximum atomic E-state index is 14.6. The van der Waals surface area contributed by atoms with Gasteiger partial charge in [0, 0.05) is 48.5 Å². The summed E-state index contributed by atoms with van der Waals surface area (Å²) in [6, 6.07) is 15.9. The predicted octanol–water partition coefficient (Wildman–Crippen LogP) is 9.09. The van der Waals surface area contributed by atoms with Gasteiger partial charge in [-0.15, -0.1) is 0 Å². The molecule has 0 aliphatic carbocycles. The van der Waals surface area contributed by atoms with Crippen LogP contribution in [0.2, 0.25) is 0 Å². The molecule has 5 aliphatic rings. The number of hydrogen-bond donors (Lipinski definition) is 0. The molecule has 5 aliphatic heterocycles. The summed E-state index contributed by atoms with van der Waals surface area (Å²) in [5.41, 5.74) is -1.29. The first-order valence-corrected chi connectivity index (χ1v) is 20.4. The van der Waals surface area contributed by atoms with Crippen LogP contribution in [0.25, 0.3) is 22.3 Å². The Kier molecular flexibility index (Phi) is 11.5. The van der Waals surface area contributed by atoms with E-state index in [9.17, 15) is 52.7 Å². The summed E-state index contributed by atoms with van der Waals surface area (Å²) < 4.78 is 177. The molecule has 8 nitrogen and oxygen atoms in total. The van der Waals surface area contributed by atoms with Crippen LogP contribution < -0.4 is 18.3 Å². The van der Waals surface area contributed by atoms with Crippen LogP contribution in [0.3, 0.4) is 0 Å². The first-order valence-electron chi connectivity index (χ1n) is 20.4. The molecular formula is C48H32F12N8+4. The molecular weight excluding hydrogens is 917 g/mol. The van der Waals surface area contributed by atoms with Gasteiger partial charge in [-0.25, -0.2) is 20.0 Å². The summed E-state index contributed by atoms with van der Waals surface area (Å²) in [7, 11) is 0. The van der Waals surface area contributed by atoms with E-state index in [-0.39, 0.29) is 73.6 Å². The topological polar surface area (TPSA) is 65.0 Å². The highest BCUT2D eigenvalue weighted by molar-refractivity contribution is 6.49. The van der Waals surface area contributed by atoms with Crippen molar-refractivity contribution in [2.75, 3.05) is 0 Å². The average Bonchev–Trinajstić information content (AvgIpc) is 4.05. The van der Waals surface area contributed by atoms with E-state index in [0.717, 1.165) is 43.1 Å². The Morgan fingerprint density at radius 1 is 0.368 bits per heavy atom. The number of halogens is 12. The quantitative estimate of drug-likeness (QED) is 0.125. The Morgan fingerprint density at radius 3 is 1.24 bits per heavy atom. The third kappa shape index (κ3) is 10.0. The molecule has 0 radical (unpaired) electrons. The lowest BCUT2D eigenvalue weighted by atomic mass is 9.89. The number of hydrogen-bond acceptors (Lipinski definition) is 4. The molecule has 4 aromatic heterocycles. The fraction of sp³-hybridized carbons (Fsp3) is 0.167. The molecule has 0 unspecified atom stereocenters. The molecule has 68 heavy (non-hydrogen) atoms. The van der Waals surface area contributed by atoms with E-state index >= 15 is 0 Å². The zero-order chi connectivity index (χ0) is 48.2. The van der Waals surface area contributed by atoms with Gasteiger partial charge in [-0.1, -0.05) is 0 Å².